The third-order valence-electron chi connectivity index (χ3n) is 1.65. The summed E-state index contributed by atoms with van der Waals surface area (Å²) in [6.07, 6.45) is 0.998. The first-order valence-corrected chi connectivity index (χ1v) is 4.99. The molecular weight excluding hydrogens is 273 g/mol. The Morgan fingerprint density at radius 3 is 2.77 bits per heavy atom. The van der Waals surface area contributed by atoms with Gasteiger partial charge in [-0.05, 0) is 43.8 Å². The Bertz CT molecular complexity index is 266. The summed E-state index contributed by atoms with van der Waals surface area (Å²) in [4.78, 5) is 0. The van der Waals surface area contributed by atoms with Gasteiger partial charge in [0.1, 0.15) is 0 Å². The Hall–Kier alpha value is 0.240. The summed E-state index contributed by atoms with van der Waals surface area (Å²) in [7, 11) is 1.94. The lowest BCUT2D eigenvalue weighted by atomic mass is 10.1. The van der Waals surface area contributed by atoms with E-state index in [9.17, 15) is 0 Å². The van der Waals surface area contributed by atoms with E-state index in [0.717, 1.165) is 22.5 Å². The molecule has 0 unspecified atom stereocenters. The average Bonchev–Trinajstić information content (AvgIpc) is 2.07. The van der Waals surface area contributed by atoms with Gasteiger partial charge in [0.25, 0.3) is 0 Å². The van der Waals surface area contributed by atoms with E-state index in [1.54, 1.807) is 0 Å². The molecule has 0 radical (unpaired) electrons. The lowest BCUT2D eigenvalue weighted by molar-refractivity contribution is 0.790. The topological polar surface area (TPSA) is 12.0 Å². The molecule has 0 heterocycles. The van der Waals surface area contributed by atoms with Crippen molar-refractivity contribution in [2.45, 2.75) is 6.42 Å². The van der Waals surface area contributed by atoms with E-state index in [2.05, 4.69) is 21.2 Å². The van der Waals surface area contributed by atoms with Crippen LogP contribution in [-0.4, -0.2) is 13.6 Å². The third kappa shape index (κ3) is 4.32. The zero-order valence-electron chi connectivity index (χ0n) is 7.31. The monoisotopic (exact) mass is 283 g/mol. The van der Waals surface area contributed by atoms with Gasteiger partial charge in [0.05, 0.1) is 0 Å². The van der Waals surface area contributed by atoms with Crippen LogP contribution in [0.15, 0.2) is 22.7 Å². The molecule has 1 nitrogen and oxygen atoms in total. The van der Waals surface area contributed by atoms with Gasteiger partial charge in [-0.2, -0.15) is 0 Å². The van der Waals surface area contributed by atoms with Crippen LogP contribution in [0.25, 0.3) is 0 Å². The maximum atomic E-state index is 5.85. The Balaban J connectivity index is 0.00000144. The van der Waals surface area contributed by atoms with Crippen molar-refractivity contribution < 1.29 is 0 Å². The number of hydrogen-bond acceptors (Lipinski definition) is 1. The molecule has 0 saturated carbocycles. The minimum absolute atomic E-state index is 0. The highest BCUT2D eigenvalue weighted by atomic mass is 79.9. The Morgan fingerprint density at radius 2 is 2.15 bits per heavy atom. The highest BCUT2D eigenvalue weighted by Crippen LogP contribution is 2.21. The summed E-state index contributed by atoms with van der Waals surface area (Å²) in [6.45, 7) is 0.971. The minimum Gasteiger partial charge on any atom is -0.319 e. The lowest BCUT2D eigenvalue weighted by Gasteiger charge is -2.03. The molecule has 0 saturated heterocycles. The molecule has 0 spiro atoms. The second-order valence-corrected chi connectivity index (χ2v) is 3.88. The summed E-state index contributed by atoms with van der Waals surface area (Å²) in [5, 5.41) is 3.89. The molecule has 1 rings (SSSR count). The highest BCUT2D eigenvalue weighted by molar-refractivity contribution is 9.10. The molecule has 1 N–H and O–H groups in total. The molecule has 74 valence electrons. The number of rotatable bonds is 3. The van der Waals surface area contributed by atoms with Crippen molar-refractivity contribution in [2.24, 2.45) is 0 Å². The smallest absolute Gasteiger partial charge is 0.0409 e. The second-order valence-electron chi connectivity index (χ2n) is 2.59. The van der Waals surface area contributed by atoms with Gasteiger partial charge in [-0.15, -0.1) is 12.4 Å². The van der Waals surface area contributed by atoms with Crippen molar-refractivity contribution in [1.29, 1.82) is 0 Å². The van der Waals surface area contributed by atoms with Gasteiger partial charge in [0.15, 0.2) is 0 Å². The first-order chi connectivity index (χ1) is 5.74. The molecular formula is C9H12BrCl2N. The van der Waals surface area contributed by atoms with Crippen molar-refractivity contribution in [2.75, 3.05) is 13.6 Å². The van der Waals surface area contributed by atoms with Crippen LogP contribution in [0.5, 0.6) is 0 Å². The average molecular weight is 285 g/mol. The molecule has 0 fully saturated rings. The quantitative estimate of drug-likeness (QED) is 0.898. The first kappa shape index (κ1) is 13.2. The van der Waals surface area contributed by atoms with Crippen LogP contribution in [0.1, 0.15) is 5.56 Å². The number of halogens is 3. The third-order valence-corrected chi connectivity index (χ3v) is 2.66. The molecule has 0 bridgehead atoms. The number of nitrogens with one attached hydrogen (secondary N) is 1. The maximum absolute atomic E-state index is 5.85. The van der Waals surface area contributed by atoms with Crippen molar-refractivity contribution in [3.63, 3.8) is 0 Å². The van der Waals surface area contributed by atoms with E-state index in [1.165, 1.54) is 5.56 Å². The normalized spacial score (nSPS) is 9.46. The Kier molecular flexibility index (Phi) is 6.78. The van der Waals surface area contributed by atoms with Crippen molar-refractivity contribution in [3.05, 3.63) is 33.3 Å². The molecule has 0 atom stereocenters. The van der Waals surface area contributed by atoms with Crippen LogP contribution in [-0.2, 0) is 6.42 Å². The predicted molar refractivity (Wildman–Crippen MR) is 64.0 cm³/mol. The van der Waals surface area contributed by atoms with E-state index in [0.29, 0.717) is 0 Å². The fraction of sp³-hybridized carbons (Fsp3) is 0.333. The largest absolute Gasteiger partial charge is 0.319 e. The predicted octanol–water partition coefficient (Wildman–Crippen LogP) is 3.29. The SMILES string of the molecule is CNCCc1cc(Cl)ccc1Br.Cl. The molecule has 1 aromatic rings. The van der Waals surface area contributed by atoms with E-state index >= 15 is 0 Å². The summed E-state index contributed by atoms with van der Waals surface area (Å²) in [5.41, 5.74) is 1.25. The summed E-state index contributed by atoms with van der Waals surface area (Å²) in [5.74, 6) is 0. The van der Waals surface area contributed by atoms with Gasteiger partial charge >= 0.3 is 0 Å². The van der Waals surface area contributed by atoms with Crippen LogP contribution < -0.4 is 5.32 Å². The highest BCUT2D eigenvalue weighted by Gasteiger charge is 1.99. The molecule has 0 aliphatic heterocycles. The van der Waals surface area contributed by atoms with Crippen molar-refractivity contribution in [3.8, 4) is 0 Å². The molecule has 0 aromatic heterocycles. The maximum Gasteiger partial charge on any atom is 0.0409 e. The fourth-order valence-corrected chi connectivity index (χ4v) is 1.63. The number of hydrogen-bond donors (Lipinski definition) is 1. The number of benzene rings is 1. The fourth-order valence-electron chi connectivity index (χ4n) is 0.995. The second kappa shape index (κ2) is 6.66. The van der Waals surface area contributed by atoms with Crippen LogP contribution in [0.4, 0.5) is 0 Å². The summed E-state index contributed by atoms with van der Waals surface area (Å²) in [6, 6.07) is 5.85. The zero-order chi connectivity index (χ0) is 8.97. The van der Waals surface area contributed by atoms with Gasteiger partial charge in [0.2, 0.25) is 0 Å². The Labute approximate surface area is 98.4 Å². The molecule has 0 amide bonds. The minimum atomic E-state index is 0. The van der Waals surface area contributed by atoms with Crippen LogP contribution in [0.3, 0.4) is 0 Å². The van der Waals surface area contributed by atoms with Crippen LogP contribution >= 0.6 is 39.9 Å². The van der Waals surface area contributed by atoms with Crippen LogP contribution in [0, 0.1) is 0 Å². The Morgan fingerprint density at radius 1 is 1.46 bits per heavy atom. The number of likely N-dealkylation sites (N-methyl/N-ethyl adjacent to an activating group) is 1. The van der Waals surface area contributed by atoms with Gasteiger partial charge in [-0.25, -0.2) is 0 Å². The van der Waals surface area contributed by atoms with E-state index in [4.69, 9.17) is 11.6 Å². The standard InChI is InChI=1S/C9H11BrClN.ClH/c1-12-5-4-7-6-8(11)2-3-9(7)10;/h2-3,6,12H,4-5H2,1H3;1H. The molecule has 4 heteroatoms. The van der Waals surface area contributed by atoms with Gasteiger partial charge < -0.3 is 5.32 Å². The van der Waals surface area contributed by atoms with E-state index in [-0.39, 0.29) is 12.4 Å². The van der Waals surface area contributed by atoms with Gasteiger partial charge in [-0.1, -0.05) is 27.5 Å². The van der Waals surface area contributed by atoms with Gasteiger partial charge in [0, 0.05) is 9.50 Å². The first-order valence-electron chi connectivity index (χ1n) is 3.82. The molecule has 1 aromatic carbocycles. The summed E-state index contributed by atoms with van der Waals surface area (Å²) >= 11 is 9.33. The van der Waals surface area contributed by atoms with Crippen LogP contribution in [0.2, 0.25) is 5.02 Å². The molecule has 13 heavy (non-hydrogen) atoms. The molecule has 0 aliphatic carbocycles. The zero-order valence-corrected chi connectivity index (χ0v) is 10.5. The van der Waals surface area contributed by atoms with Crippen molar-refractivity contribution in [1.82, 2.24) is 5.32 Å². The van der Waals surface area contributed by atoms with Crippen molar-refractivity contribution >= 4 is 39.9 Å². The lowest BCUT2D eigenvalue weighted by Crippen LogP contribution is -2.10. The summed E-state index contributed by atoms with van der Waals surface area (Å²) < 4.78 is 1.13. The van der Waals surface area contributed by atoms with Gasteiger partial charge in [-0.3, -0.25) is 0 Å². The van der Waals surface area contributed by atoms with E-state index < -0.39 is 0 Å². The van der Waals surface area contributed by atoms with E-state index in [1.807, 2.05) is 25.2 Å². The molecule has 0 aliphatic rings.